The number of aromatic nitrogens is 2. The molecule has 2 unspecified atom stereocenters. The molecule has 0 saturated carbocycles. The lowest BCUT2D eigenvalue weighted by atomic mass is 9.99. The van der Waals surface area contributed by atoms with Crippen molar-refractivity contribution in [1.29, 1.82) is 0 Å². The summed E-state index contributed by atoms with van der Waals surface area (Å²) in [6, 6.07) is 10.4. The largest absolute Gasteiger partial charge is 0.469 e. The fourth-order valence-corrected chi connectivity index (χ4v) is 3.71. The molecule has 1 aromatic carbocycles. The highest BCUT2D eigenvalue weighted by molar-refractivity contribution is 5.82. The number of benzene rings is 1. The molecule has 1 N–H and O–H groups in total. The summed E-state index contributed by atoms with van der Waals surface area (Å²) in [6.45, 7) is 5.05. The number of methoxy groups -OCH3 is 1. The highest BCUT2D eigenvalue weighted by Gasteiger charge is 2.36. The lowest BCUT2D eigenvalue weighted by molar-refractivity contribution is -0.145. The van der Waals surface area contributed by atoms with Crippen molar-refractivity contribution in [3.63, 3.8) is 0 Å². The smallest absolute Gasteiger partial charge is 0.310 e. The van der Waals surface area contributed by atoms with E-state index in [4.69, 9.17) is 4.74 Å². The van der Waals surface area contributed by atoms with Crippen LogP contribution in [0.4, 0.5) is 0 Å². The van der Waals surface area contributed by atoms with Crippen LogP contribution in [0.5, 0.6) is 0 Å². The van der Waals surface area contributed by atoms with Gasteiger partial charge in [0, 0.05) is 52.0 Å². The average Bonchev–Trinajstić information content (AvgIpc) is 3.32. The SMILES string of the molecule is CN=C(NCCc1nccn1Cc1ccccc1)N1CC(C)C(C(=O)OC)C1. The van der Waals surface area contributed by atoms with E-state index in [9.17, 15) is 4.79 Å². The standard InChI is InChI=1S/C21H29N5O2/c1-16-13-26(15-18(16)20(27)28-3)21(22-2)24-10-9-19-23-11-12-25(19)14-17-7-5-4-6-8-17/h4-8,11-12,16,18H,9-10,13-15H2,1-3H3,(H,22,24). The fourth-order valence-electron chi connectivity index (χ4n) is 3.71. The third kappa shape index (κ3) is 4.71. The van der Waals surface area contributed by atoms with Gasteiger partial charge in [-0.3, -0.25) is 9.79 Å². The number of hydrogen-bond acceptors (Lipinski definition) is 4. The van der Waals surface area contributed by atoms with E-state index in [2.05, 4.69) is 55.9 Å². The summed E-state index contributed by atoms with van der Waals surface area (Å²) in [4.78, 5) is 22.9. The molecule has 0 spiro atoms. The summed E-state index contributed by atoms with van der Waals surface area (Å²) < 4.78 is 7.09. The maximum atomic E-state index is 11.9. The molecular formula is C21H29N5O2. The molecule has 3 rings (SSSR count). The van der Waals surface area contributed by atoms with Gasteiger partial charge in [-0.05, 0) is 11.5 Å². The van der Waals surface area contributed by atoms with Crippen molar-refractivity contribution in [2.45, 2.75) is 19.9 Å². The number of nitrogens with one attached hydrogen (secondary N) is 1. The highest BCUT2D eigenvalue weighted by atomic mass is 16.5. The molecule has 0 radical (unpaired) electrons. The zero-order valence-corrected chi connectivity index (χ0v) is 16.8. The predicted molar refractivity (Wildman–Crippen MR) is 109 cm³/mol. The number of ether oxygens (including phenoxy) is 1. The summed E-state index contributed by atoms with van der Waals surface area (Å²) in [5.74, 6) is 1.85. The molecule has 2 atom stereocenters. The Morgan fingerprint density at radius 1 is 1.32 bits per heavy atom. The Bertz CT molecular complexity index is 802. The third-order valence-electron chi connectivity index (χ3n) is 5.26. The van der Waals surface area contributed by atoms with Crippen LogP contribution in [0.25, 0.3) is 0 Å². The van der Waals surface area contributed by atoms with E-state index in [0.717, 1.165) is 37.8 Å². The first-order valence-corrected chi connectivity index (χ1v) is 9.69. The van der Waals surface area contributed by atoms with Gasteiger partial charge in [0.15, 0.2) is 5.96 Å². The van der Waals surface area contributed by atoms with Gasteiger partial charge in [0.2, 0.25) is 0 Å². The minimum absolute atomic E-state index is 0.103. The lowest BCUT2D eigenvalue weighted by Crippen LogP contribution is -2.41. The van der Waals surface area contributed by atoms with Gasteiger partial charge in [0.1, 0.15) is 5.82 Å². The molecule has 0 amide bonds. The second-order valence-electron chi connectivity index (χ2n) is 7.19. The maximum absolute atomic E-state index is 11.9. The monoisotopic (exact) mass is 383 g/mol. The Morgan fingerprint density at radius 3 is 2.82 bits per heavy atom. The Balaban J connectivity index is 1.53. The molecule has 150 valence electrons. The third-order valence-corrected chi connectivity index (χ3v) is 5.26. The summed E-state index contributed by atoms with van der Waals surface area (Å²) >= 11 is 0. The Kier molecular flexibility index (Phi) is 6.68. The van der Waals surface area contributed by atoms with E-state index in [0.29, 0.717) is 6.54 Å². The number of esters is 1. The highest BCUT2D eigenvalue weighted by Crippen LogP contribution is 2.24. The molecule has 2 aromatic rings. The van der Waals surface area contributed by atoms with E-state index in [-0.39, 0.29) is 17.8 Å². The summed E-state index contributed by atoms with van der Waals surface area (Å²) in [5.41, 5.74) is 1.26. The zero-order chi connectivity index (χ0) is 19.9. The molecule has 7 nitrogen and oxygen atoms in total. The molecule has 1 aliphatic rings. The summed E-state index contributed by atoms with van der Waals surface area (Å²) in [6.07, 6.45) is 4.65. The molecule has 1 aromatic heterocycles. The minimum atomic E-state index is -0.145. The normalized spacial score (nSPS) is 19.7. The number of nitrogens with zero attached hydrogens (tertiary/aromatic N) is 4. The number of likely N-dealkylation sites (tertiary alicyclic amines) is 1. The number of carbonyl (C=O) groups excluding carboxylic acids is 1. The van der Waals surface area contributed by atoms with E-state index in [1.807, 2.05) is 18.5 Å². The second-order valence-corrected chi connectivity index (χ2v) is 7.19. The second kappa shape index (κ2) is 9.39. The lowest BCUT2D eigenvalue weighted by Gasteiger charge is -2.21. The van der Waals surface area contributed by atoms with Gasteiger partial charge in [0.25, 0.3) is 0 Å². The van der Waals surface area contributed by atoms with E-state index >= 15 is 0 Å². The van der Waals surface area contributed by atoms with Crippen LogP contribution in [-0.2, 0) is 22.5 Å². The van der Waals surface area contributed by atoms with Crippen molar-refractivity contribution < 1.29 is 9.53 Å². The molecule has 1 fully saturated rings. The van der Waals surface area contributed by atoms with Gasteiger partial charge >= 0.3 is 5.97 Å². The molecule has 0 aliphatic carbocycles. The molecule has 1 saturated heterocycles. The van der Waals surface area contributed by atoms with Crippen LogP contribution in [-0.4, -0.2) is 60.2 Å². The Labute approximate surface area is 166 Å². The number of guanidine groups is 1. The van der Waals surface area contributed by atoms with Crippen LogP contribution in [0.15, 0.2) is 47.7 Å². The first-order valence-electron chi connectivity index (χ1n) is 9.69. The van der Waals surface area contributed by atoms with Crippen LogP contribution in [0, 0.1) is 11.8 Å². The summed E-state index contributed by atoms with van der Waals surface area (Å²) in [7, 11) is 3.22. The number of carbonyl (C=O) groups is 1. The van der Waals surface area contributed by atoms with Crippen LogP contribution >= 0.6 is 0 Å². The first kappa shape index (κ1) is 19.9. The Morgan fingerprint density at radius 2 is 2.11 bits per heavy atom. The summed E-state index contributed by atoms with van der Waals surface area (Å²) in [5, 5.41) is 3.41. The Hall–Kier alpha value is -2.83. The predicted octanol–water partition coefficient (Wildman–Crippen LogP) is 1.79. The van der Waals surface area contributed by atoms with E-state index in [1.54, 1.807) is 7.05 Å². The molecular weight excluding hydrogens is 354 g/mol. The van der Waals surface area contributed by atoms with E-state index < -0.39 is 0 Å². The van der Waals surface area contributed by atoms with Crippen molar-refractivity contribution in [1.82, 2.24) is 19.8 Å². The molecule has 2 heterocycles. The van der Waals surface area contributed by atoms with Crippen molar-refractivity contribution in [2.24, 2.45) is 16.8 Å². The first-order chi connectivity index (χ1) is 13.6. The van der Waals surface area contributed by atoms with Crippen molar-refractivity contribution >= 4 is 11.9 Å². The van der Waals surface area contributed by atoms with Crippen LogP contribution in [0.3, 0.4) is 0 Å². The van der Waals surface area contributed by atoms with Gasteiger partial charge in [-0.1, -0.05) is 37.3 Å². The van der Waals surface area contributed by atoms with Gasteiger partial charge in [-0.15, -0.1) is 0 Å². The minimum Gasteiger partial charge on any atom is -0.469 e. The topological polar surface area (TPSA) is 71.8 Å². The quantitative estimate of drug-likeness (QED) is 0.468. The number of hydrogen-bond donors (Lipinski definition) is 1. The van der Waals surface area contributed by atoms with Gasteiger partial charge < -0.3 is 19.5 Å². The maximum Gasteiger partial charge on any atom is 0.310 e. The number of imidazole rings is 1. The van der Waals surface area contributed by atoms with Gasteiger partial charge in [0.05, 0.1) is 13.0 Å². The van der Waals surface area contributed by atoms with E-state index in [1.165, 1.54) is 12.7 Å². The van der Waals surface area contributed by atoms with Crippen LogP contribution < -0.4 is 5.32 Å². The van der Waals surface area contributed by atoms with Gasteiger partial charge in [-0.25, -0.2) is 4.98 Å². The molecule has 0 bridgehead atoms. The molecule has 7 heteroatoms. The van der Waals surface area contributed by atoms with Crippen LogP contribution in [0.1, 0.15) is 18.3 Å². The van der Waals surface area contributed by atoms with Crippen LogP contribution in [0.2, 0.25) is 0 Å². The zero-order valence-electron chi connectivity index (χ0n) is 16.8. The van der Waals surface area contributed by atoms with Gasteiger partial charge in [-0.2, -0.15) is 0 Å². The number of rotatable bonds is 6. The number of aliphatic imine (C=N–C) groups is 1. The van der Waals surface area contributed by atoms with Crippen molar-refractivity contribution in [3.8, 4) is 0 Å². The molecule has 28 heavy (non-hydrogen) atoms. The molecule has 1 aliphatic heterocycles. The fraction of sp³-hybridized carbons (Fsp3) is 0.476. The van der Waals surface area contributed by atoms with Crippen molar-refractivity contribution in [2.75, 3.05) is 33.8 Å². The van der Waals surface area contributed by atoms with Crippen molar-refractivity contribution in [3.05, 3.63) is 54.1 Å². The average molecular weight is 383 g/mol.